The van der Waals surface area contributed by atoms with Gasteiger partial charge in [-0.2, -0.15) is 0 Å². The Labute approximate surface area is 110 Å². The van der Waals surface area contributed by atoms with E-state index in [0.717, 1.165) is 6.26 Å². The number of methoxy groups -OCH3 is 1. The molecule has 1 aliphatic heterocycles. The molecular formula is C12H13NO5S. The van der Waals surface area contributed by atoms with E-state index in [1.807, 2.05) is 0 Å². The SMILES string of the molecule is COc1ccc2c(c1)N(CCS(C)(=O)=O)C(=O)C2=O. The number of carbonyl (C=O) groups excluding carboxylic acids is 2. The van der Waals surface area contributed by atoms with Gasteiger partial charge in [0, 0.05) is 18.9 Å². The lowest BCUT2D eigenvalue weighted by atomic mass is 10.1. The summed E-state index contributed by atoms with van der Waals surface area (Å²) in [4.78, 5) is 24.8. The fraction of sp³-hybridized carbons (Fsp3) is 0.333. The summed E-state index contributed by atoms with van der Waals surface area (Å²) in [5, 5.41) is 0. The van der Waals surface area contributed by atoms with Crippen LogP contribution in [0.4, 0.5) is 5.69 Å². The van der Waals surface area contributed by atoms with Gasteiger partial charge >= 0.3 is 0 Å². The van der Waals surface area contributed by atoms with Crippen molar-refractivity contribution in [2.24, 2.45) is 0 Å². The smallest absolute Gasteiger partial charge is 0.299 e. The van der Waals surface area contributed by atoms with Crippen molar-refractivity contribution >= 4 is 27.2 Å². The summed E-state index contributed by atoms with van der Waals surface area (Å²) in [5.74, 6) is -1.01. The van der Waals surface area contributed by atoms with Crippen molar-refractivity contribution in [2.75, 3.05) is 30.6 Å². The number of anilines is 1. The molecule has 0 spiro atoms. The van der Waals surface area contributed by atoms with Crippen LogP contribution in [0.5, 0.6) is 5.75 Å². The van der Waals surface area contributed by atoms with Crippen LogP contribution in [0.2, 0.25) is 0 Å². The van der Waals surface area contributed by atoms with Gasteiger partial charge in [0.25, 0.3) is 11.7 Å². The molecule has 6 nitrogen and oxygen atoms in total. The third-order valence-electron chi connectivity index (χ3n) is 2.87. The highest BCUT2D eigenvalue weighted by atomic mass is 32.2. The molecule has 0 radical (unpaired) electrons. The zero-order valence-electron chi connectivity index (χ0n) is 10.5. The molecule has 1 heterocycles. The van der Waals surface area contributed by atoms with Gasteiger partial charge in [-0.15, -0.1) is 0 Å². The molecule has 0 fully saturated rings. The summed E-state index contributed by atoms with van der Waals surface area (Å²) < 4.78 is 27.4. The molecule has 0 unspecified atom stereocenters. The van der Waals surface area contributed by atoms with E-state index in [1.165, 1.54) is 18.1 Å². The van der Waals surface area contributed by atoms with Crippen molar-refractivity contribution in [3.05, 3.63) is 23.8 Å². The third-order valence-corrected chi connectivity index (χ3v) is 3.79. The van der Waals surface area contributed by atoms with E-state index >= 15 is 0 Å². The molecular weight excluding hydrogens is 270 g/mol. The van der Waals surface area contributed by atoms with Crippen LogP contribution in [0, 0.1) is 0 Å². The van der Waals surface area contributed by atoms with Crippen molar-refractivity contribution in [1.29, 1.82) is 0 Å². The minimum Gasteiger partial charge on any atom is -0.497 e. The van der Waals surface area contributed by atoms with Crippen LogP contribution >= 0.6 is 0 Å². The molecule has 1 aromatic rings. The number of amides is 1. The van der Waals surface area contributed by atoms with Gasteiger partial charge in [-0.3, -0.25) is 9.59 Å². The molecule has 1 aromatic carbocycles. The van der Waals surface area contributed by atoms with Crippen molar-refractivity contribution in [1.82, 2.24) is 0 Å². The van der Waals surface area contributed by atoms with Gasteiger partial charge in [-0.1, -0.05) is 0 Å². The fourth-order valence-corrected chi connectivity index (χ4v) is 2.39. The first-order valence-electron chi connectivity index (χ1n) is 5.55. The summed E-state index contributed by atoms with van der Waals surface area (Å²) in [7, 11) is -1.73. The lowest BCUT2D eigenvalue weighted by Gasteiger charge is -2.16. The first-order valence-corrected chi connectivity index (χ1v) is 7.61. The number of ether oxygens (including phenoxy) is 1. The quantitative estimate of drug-likeness (QED) is 0.741. The molecule has 0 N–H and O–H groups in total. The number of rotatable bonds is 4. The maximum atomic E-state index is 11.8. The van der Waals surface area contributed by atoms with E-state index in [1.54, 1.807) is 12.1 Å². The van der Waals surface area contributed by atoms with Gasteiger partial charge in [-0.25, -0.2) is 8.42 Å². The number of ketones is 1. The van der Waals surface area contributed by atoms with E-state index in [0.29, 0.717) is 11.4 Å². The Morgan fingerprint density at radius 1 is 1.26 bits per heavy atom. The first-order chi connectivity index (χ1) is 8.83. The topological polar surface area (TPSA) is 80.8 Å². The average molecular weight is 283 g/mol. The van der Waals surface area contributed by atoms with Crippen molar-refractivity contribution in [3.8, 4) is 5.75 Å². The number of fused-ring (bicyclic) bond motifs is 1. The summed E-state index contributed by atoms with van der Waals surface area (Å²) in [6.07, 6.45) is 1.09. The number of hydrogen-bond acceptors (Lipinski definition) is 5. The van der Waals surface area contributed by atoms with Gasteiger partial charge in [0.15, 0.2) is 0 Å². The van der Waals surface area contributed by atoms with E-state index in [9.17, 15) is 18.0 Å². The maximum absolute atomic E-state index is 11.8. The molecule has 0 saturated heterocycles. The van der Waals surface area contributed by atoms with Crippen molar-refractivity contribution in [2.45, 2.75) is 0 Å². The van der Waals surface area contributed by atoms with Crippen LogP contribution in [-0.2, 0) is 14.6 Å². The Morgan fingerprint density at radius 3 is 2.53 bits per heavy atom. The maximum Gasteiger partial charge on any atom is 0.299 e. The minimum atomic E-state index is -3.21. The minimum absolute atomic E-state index is 0.0381. The molecule has 0 saturated carbocycles. The van der Waals surface area contributed by atoms with E-state index in [4.69, 9.17) is 4.74 Å². The Balaban J connectivity index is 2.36. The van der Waals surface area contributed by atoms with Gasteiger partial charge < -0.3 is 9.64 Å². The second kappa shape index (κ2) is 4.65. The monoisotopic (exact) mass is 283 g/mol. The predicted octanol–water partition coefficient (Wildman–Crippen LogP) is 0.269. The third kappa shape index (κ3) is 2.60. The molecule has 102 valence electrons. The molecule has 1 aliphatic rings. The highest BCUT2D eigenvalue weighted by Gasteiger charge is 2.36. The Hall–Kier alpha value is -1.89. The lowest BCUT2D eigenvalue weighted by molar-refractivity contribution is -0.114. The van der Waals surface area contributed by atoms with Gasteiger partial charge in [0.05, 0.1) is 24.1 Å². The summed E-state index contributed by atoms with van der Waals surface area (Å²) in [6, 6.07) is 4.65. The molecule has 19 heavy (non-hydrogen) atoms. The Morgan fingerprint density at radius 2 is 1.95 bits per heavy atom. The number of nitrogens with zero attached hydrogens (tertiary/aromatic N) is 1. The van der Waals surface area contributed by atoms with Crippen LogP contribution in [0.25, 0.3) is 0 Å². The largest absolute Gasteiger partial charge is 0.497 e. The Kier molecular flexibility index (Phi) is 3.32. The molecule has 0 aromatic heterocycles. The fourth-order valence-electron chi connectivity index (χ4n) is 1.88. The predicted molar refractivity (Wildman–Crippen MR) is 69.4 cm³/mol. The number of sulfone groups is 1. The zero-order chi connectivity index (χ0) is 14.2. The summed E-state index contributed by atoms with van der Waals surface area (Å²) in [5.41, 5.74) is 0.678. The average Bonchev–Trinajstić information content (AvgIpc) is 2.58. The lowest BCUT2D eigenvalue weighted by Crippen LogP contribution is -2.33. The summed E-state index contributed by atoms with van der Waals surface area (Å²) in [6.45, 7) is -0.0381. The van der Waals surface area contributed by atoms with Gasteiger partial charge in [0.1, 0.15) is 15.6 Å². The molecule has 0 aliphatic carbocycles. The number of Topliss-reactive ketones (excluding diaryl/α,β-unsaturated/α-hetero) is 1. The molecule has 1 amide bonds. The molecule has 0 bridgehead atoms. The van der Waals surface area contributed by atoms with E-state index < -0.39 is 21.5 Å². The normalized spacial score (nSPS) is 14.7. The van der Waals surface area contributed by atoms with Gasteiger partial charge in [0.2, 0.25) is 0 Å². The van der Waals surface area contributed by atoms with Crippen molar-refractivity contribution in [3.63, 3.8) is 0 Å². The highest BCUT2D eigenvalue weighted by Crippen LogP contribution is 2.32. The van der Waals surface area contributed by atoms with Crippen molar-refractivity contribution < 1.29 is 22.7 Å². The molecule has 0 atom stereocenters. The van der Waals surface area contributed by atoms with Crippen LogP contribution in [0.3, 0.4) is 0 Å². The molecule has 7 heteroatoms. The zero-order valence-corrected chi connectivity index (χ0v) is 11.4. The van der Waals surface area contributed by atoms with E-state index in [2.05, 4.69) is 0 Å². The summed E-state index contributed by atoms with van der Waals surface area (Å²) >= 11 is 0. The number of carbonyl (C=O) groups is 2. The standard InChI is InChI=1S/C12H13NO5S/c1-18-8-3-4-9-10(7-8)13(12(15)11(9)14)5-6-19(2,16)17/h3-4,7H,5-6H2,1-2H3. The van der Waals surface area contributed by atoms with Crippen LogP contribution in [-0.4, -0.2) is 45.8 Å². The molecule has 2 rings (SSSR count). The van der Waals surface area contributed by atoms with Crippen LogP contribution in [0.15, 0.2) is 18.2 Å². The first kappa shape index (κ1) is 13.5. The van der Waals surface area contributed by atoms with Gasteiger partial charge in [-0.05, 0) is 12.1 Å². The second-order valence-electron chi connectivity index (χ2n) is 4.30. The second-order valence-corrected chi connectivity index (χ2v) is 6.56. The van der Waals surface area contributed by atoms with Crippen LogP contribution in [0.1, 0.15) is 10.4 Å². The number of hydrogen-bond donors (Lipinski definition) is 0. The number of benzene rings is 1. The van der Waals surface area contributed by atoms with Crippen LogP contribution < -0.4 is 9.64 Å². The van der Waals surface area contributed by atoms with E-state index in [-0.39, 0.29) is 17.9 Å². The Bertz CT molecular complexity index is 650. The highest BCUT2D eigenvalue weighted by molar-refractivity contribution is 7.90.